The van der Waals surface area contributed by atoms with Gasteiger partial charge in [0.05, 0.1) is 34.5 Å². The van der Waals surface area contributed by atoms with Gasteiger partial charge in [0.15, 0.2) is 5.78 Å². The summed E-state index contributed by atoms with van der Waals surface area (Å²) in [5.41, 5.74) is 1.65. The molecule has 2 saturated heterocycles. The Labute approximate surface area is 326 Å². The fourth-order valence-corrected chi connectivity index (χ4v) is 9.98. The molecule has 4 aliphatic rings. The van der Waals surface area contributed by atoms with Gasteiger partial charge in [0, 0.05) is 32.7 Å². The molecule has 10 heteroatoms. The van der Waals surface area contributed by atoms with Crippen LogP contribution in [0.1, 0.15) is 45.8 Å². The Hall–Kier alpha value is -5.83. The summed E-state index contributed by atoms with van der Waals surface area (Å²) in [6, 6.07) is 35.5. The Morgan fingerprint density at radius 3 is 2.04 bits per heavy atom. The van der Waals surface area contributed by atoms with Crippen LogP contribution >= 0.6 is 23.2 Å². The van der Waals surface area contributed by atoms with E-state index in [9.17, 15) is 24.3 Å². The molecule has 2 aliphatic heterocycles. The van der Waals surface area contributed by atoms with Crippen molar-refractivity contribution < 1.29 is 29.1 Å². The SMILES string of the molecule is O=C(c1ccccc1)c1ccc(N2C(=O)C3CC=C4C(CC5C(=O)N(c6cccc(Cl)c6)C(=O)C5(c5ccccc5)C4c4cc(Cl)ccc4O)C3C2=O)cc1. The normalized spacial score (nSPS) is 25.7. The number of hydrogen-bond acceptors (Lipinski definition) is 6. The van der Waals surface area contributed by atoms with E-state index in [-0.39, 0.29) is 30.3 Å². The molecule has 5 aromatic carbocycles. The number of amides is 4. The van der Waals surface area contributed by atoms with Gasteiger partial charge in [0.2, 0.25) is 23.6 Å². The average molecular weight is 768 g/mol. The first-order valence-corrected chi connectivity index (χ1v) is 18.8. The van der Waals surface area contributed by atoms with E-state index in [0.717, 1.165) is 0 Å². The first kappa shape index (κ1) is 34.9. The molecular weight excluding hydrogens is 735 g/mol. The summed E-state index contributed by atoms with van der Waals surface area (Å²) in [5, 5.41) is 12.2. The van der Waals surface area contributed by atoms with Gasteiger partial charge in [-0.2, -0.15) is 0 Å². The van der Waals surface area contributed by atoms with E-state index in [1.54, 1.807) is 84.9 Å². The number of anilines is 2. The van der Waals surface area contributed by atoms with E-state index in [1.165, 1.54) is 15.9 Å². The molecule has 6 unspecified atom stereocenters. The number of carbonyl (C=O) groups is 5. The molecule has 4 amide bonds. The minimum absolute atomic E-state index is 0.0960. The predicted molar refractivity (Wildman–Crippen MR) is 208 cm³/mol. The highest BCUT2D eigenvalue weighted by molar-refractivity contribution is 6.32. The van der Waals surface area contributed by atoms with Gasteiger partial charge in [-0.1, -0.05) is 102 Å². The summed E-state index contributed by atoms with van der Waals surface area (Å²) in [7, 11) is 0. The van der Waals surface area contributed by atoms with E-state index >= 15 is 4.79 Å². The summed E-state index contributed by atoms with van der Waals surface area (Å²) < 4.78 is 0. The van der Waals surface area contributed by atoms with Crippen molar-refractivity contribution in [3.63, 3.8) is 0 Å². The van der Waals surface area contributed by atoms with Crippen LogP contribution in [-0.4, -0.2) is 34.5 Å². The van der Waals surface area contributed by atoms with Crippen LogP contribution in [0.5, 0.6) is 5.75 Å². The largest absolute Gasteiger partial charge is 0.508 e. The van der Waals surface area contributed by atoms with Crippen molar-refractivity contribution in [2.24, 2.45) is 23.7 Å². The predicted octanol–water partition coefficient (Wildman–Crippen LogP) is 8.30. The van der Waals surface area contributed by atoms with Crippen molar-refractivity contribution in [1.82, 2.24) is 0 Å². The van der Waals surface area contributed by atoms with Gasteiger partial charge in [-0.3, -0.25) is 28.9 Å². The quantitative estimate of drug-likeness (QED) is 0.106. The van der Waals surface area contributed by atoms with Gasteiger partial charge >= 0.3 is 0 Å². The summed E-state index contributed by atoms with van der Waals surface area (Å²) in [6.07, 6.45) is 2.22. The molecule has 0 aromatic heterocycles. The van der Waals surface area contributed by atoms with Crippen LogP contribution in [0.3, 0.4) is 0 Å². The van der Waals surface area contributed by atoms with Crippen LogP contribution in [0.25, 0.3) is 0 Å². The van der Waals surface area contributed by atoms with Crippen LogP contribution in [0.2, 0.25) is 10.0 Å². The van der Waals surface area contributed by atoms with Crippen LogP contribution in [0.4, 0.5) is 11.4 Å². The monoisotopic (exact) mass is 766 g/mol. The van der Waals surface area contributed by atoms with Crippen molar-refractivity contribution in [3.05, 3.63) is 171 Å². The van der Waals surface area contributed by atoms with Crippen molar-refractivity contribution in [1.29, 1.82) is 0 Å². The number of carbonyl (C=O) groups excluding carboxylic acids is 5. The number of phenols is 1. The average Bonchev–Trinajstić information content (AvgIpc) is 3.60. The zero-order chi connectivity index (χ0) is 38.2. The molecule has 2 heterocycles. The second-order valence-corrected chi connectivity index (χ2v) is 15.4. The van der Waals surface area contributed by atoms with Crippen LogP contribution in [0, 0.1) is 23.7 Å². The molecule has 0 radical (unpaired) electrons. The Kier molecular flexibility index (Phi) is 8.37. The lowest BCUT2D eigenvalue weighted by atomic mass is 9.49. The summed E-state index contributed by atoms with van der Waals surface area (Å²) in [5.74, 6) is -6.17. The van der Waals surface area contributed by atoms with Gasteiger partial charge in [0.1, 0.15) is 5.75 Å². The highest BCUT2D eigenvalue weighted by atomic mass is 35.5. The van der Waals surface area contributed by atoms with Crippen molar-refractivity contribution in [2.45, 2.75) is 24.2 Å². The number of imide groups is 2. The van der Waals surface area contributed by atoms with E-state index in [1.807, 2.05) is 42.5 Å². The Bertz CT molecular complexity index is 2470. The Balaban J connectivity index is 1.18. The molecule has 272 valence electrons. The van der Waals surface area contributed by atoms with E-state index < -0.39 is 52.7 Å². The first-order chi connectivity index (χ1) is 26.6. The van der Waals surface area contributed by atoms with Crippen molar-refractivity contribution >= 4 is 64.0 Å². The van der Waals surface area contributed by atoms with Crippen LogP contribution < -0.4 is 9.80 Å². The van der Waals surface area contributed by atoms with Crippen molar-refractivity contribution in [2.75, 3.05) is 9.80 Å². The third-order valence-corrected chi connectivity index (χ3v) is 12.4. The fourth-order valence-electron chi connectivity index (χ4n) is 9.62. The topological polar surface area (TPSA) is 112 Å². The van der Waals surface area contributed by atoms with Crippen molar-refractivity contribution in [3.8, 4) is 5.75 Å². The lowest BCUT2D eigenvalue weighted by Gasteiger charge is -2.50. The molecule has 8 nitrogen and oxygen atoms in total. The maximum Gasteiger partial charge on any atom is 0.246 e. The molecule has 9 rings (SSSR count). The summed E-state index contributed by atoms with van der Waals surface area (Å²) in [4.78, 5) is 74.7. The molecule has 1 N–H and O–H groups in total. The van der Waals surface area contributed by atoms with Gasteiger partial charge in [-0.25, -0.2) is 4.90 Å². The molecule has 55 heavy (non-hydrogen) atoms. The molecule has 2 aliphatic carbocycles. The fraction of sp³-hybridized carbons (Fsp3) is 0.178. The Morgan fingerprint density at radius 1 is 0.655 bits per heavy atom. The summed E-state index contributed by atoms with van der Waals surface area (Å²) in [6.45, 7) is 0. The van der Waals surface area contributed by atoms with Gasteiger partial charge in [-0.15, -0.1) is 0 Å². The number of allylic oxidation sites excluding steroid dienone is 2. The molecular formula is C45H32Cl2N2O6. The van der Waals surface area contributed by atoms with E-state index in [4.69, 9.17) is 23.2 Å². The molecule has 3 fully saturated rings. The van der Waals surface area contributed by atoms with Gasteiger partial charge < -0.3 is 5.11 Å². The number of benzene rings is 5. The third kappa shape index (κ3) is 5.23. The zero-order valence-electron chi connectivity index (χ0n) is 29.1. The molecule has 1 saturated carbocycles. The highest BCUT2D eigenvalue weighted by Gasteiger charge is 2.70. The maximum absolute atomic E-state index is 15.4. The van der Waals surface area contributed by atoms with Gasteiger partial charge in [0.25, 0.3) is 0 Å². The number of nitrogens with zero attached hydrogens (tertiary/aromatic N) is 2. The molecule has 0 spiro atoms. The zero-order valence-corrected chi connectivity index (χ0v) is 30.7. The number of phenolic OH excluding ortho intramolecular Hbond substituents is 1. The molecule has 6 atom stereocenters. The number of halogens is 2. The lowest BCUT2D eigenvalue weighted by molar-refractivity contribution is -0.127. The third-order valence-electron chi connectivity index (χ3n) is 11.9. The number of ketones is 1. The lowest BCUT2D eigenvalue weighted by Crippen LogP contribution is -2.53. The van der Waals surface area contributed by atoms with Crippen LogP contribution in [0.15, 0.2) is 139 Å². The Morgan fingerprint density at radius 2 is 1.33 bits per heavy atom. The first-order valence-electron chi connectivity index (χ1n) is 18.1. The maximum atomic E-state index is 15.4. The second kappa shape index (κ2) is 13.2. The number of rotatable bonds is 6. The number of hydrogen-bond donors (Lipinski definition) is 1. The molecule has 5 aromatic rings. The summed E-state index contributed by atoms with van der Waals surface area (Å²) >= 11 is 13.0. The number of aromatic hydroxyl groups is 1. The second-order valence-electron chi connectivity index (χ2n) is 14.6. The standard InChI is InChI=1S/C45H32Cl2N2O6/c46-28-12-7-13-31(22-28)49-42(53)36-24-34-32(39(35-23-29(47)16-21-37(35)50)45(36,44(49)55)27-10-5-2-6-11-27)19-20-33-38(34)43(54)48(41(33)52)30-17-14-26(15-18-30)40(51)25-8-3-1-4-9-25/h1-19,21-23,33-34,36,38-39,50H,20,24H2. The number of fused-ring (bicyclic) bond motifs is 4. The van der Waals surface area contributed by atoms with E-state index in [2.05, 4.69) is 0 Å². The van der Waals surface area contributed by atoms with Crippen LogP contribution in [-0.2, 0) is 24.6 Å². The minimum atomic E-state index is -1.55. The van der Waals surface area contributed by atoms with Gasteiger partial charge in [-0.05, 0) is 85.0 Å². The van der Waals surface area contributed by atoms with E-state index in [0.29, 0.717) is 49.2 Å². The smallest absolute Gasteiger partial charge is 0.246 e. The molecule has 0 bridgehead atoms. The minimum Gasteiger partial charge on any atom is -0.508 e. The highest BCUT2D eigenvalue weighted by Crippen LogP contribution is 2.65.